The lowest BCUT2D eigenvalue weighted by Gasteiger charge is -2.17. The number of nitrogens with two attached hydrogens (primary N) is 1. The molecule has 4 nitrogen and oxygen atoms in total. The third kappa shape index (κ3) is 1.49. The van der Waals surface area contributed by atoms with E-state index >= 15 is 0 Å². The van der Waals surface area contributed by atoms with Crippen LogP contribution in [0.4, 0.5) is 0 Å². The predicted molar refractivity (Wildman–Crippen MR) is 37.0 cm³/mol. The molecule has 1 heterocycles. The Balaban J connectivity index is 2.70. The number of dihydropyridines is 1. The zero-order chi connectivity index (χ0) is 7.56. The van der Waals surface area contributed by atoms with Crippen LogP contribution in [0.25, 0.3) is 0 Å². The highest BCUT2D eigenvalue weighted by Crippen LogP contribution is 2.03. The summed E-state index contributed by atoms with van der Waals surface area (Å²) in [5.74, 6) is 0.0929. The highest BCUT2D eigenvalue weighted by molar-refractivity contribution is 5.23. The Bertz CT molecular complexity index is 186. The normalized spacial score (nSPS) is 24.8. The van der Waals surface area contributed by atoms with Gasteiger partial charge in [0, 0.05) is 11.8 Å². The number of rotatable bonds is 1. The summed E-state index contributed by atoms with van der Waals surface area (Å²) in [4.78, 5) is 0. The van der Waals surface area contributed by atoms with Crippen molar-refractivity contribution < 1.29 is 10.2 Å². The van der Waals surface area contributed by atoms with Crippen molar-refractivity contribution in [1.82, 2.24) is 5.32 Å². The minimum Gasteiger partial charge on any atom is -0.508 e. The van der Waals surface area contributed by atoms with Crippen molar-refractivity contribution in [1.29, 1.82) is 0 Å². The molecule has 1 rings (SSSR count). The molecule has 0 aromatic heterocycles. The summed E-state index contributed by atoms with van der Waals surface area (Å²) < 4.78 is 0. The largest absolute Gasteiger partial charge is 0.508 e. The molecule has 0 saturated carbocycles. The molecule has 0 saturated heterocycles. The van der Waals surface area contributed by atoms with E-state index in [0.717, 1.165) is 0 Å². The van der Waals surface area contributed by atoms with Crippen LogP contribution >= 0.6 is 0 Å². The minimum absolute atomic E-state index is 0.0929. The van der Waals surface area contributed by atoms with E-state index < -0.39 is 6.17 Å². The molecular weight excluding hydrogens is 132 g/mol. The van der Waals surface area contributed by atoms with Gasteiger partial charge in [-0.25, -0.2) is 0 Å². The highest BCUT2D eigenvalue weighted by Gasteiger charge is 2.07. The number of hydrogen-bond donors (Lipinski definition) is 4. The number of aliphatic hydroxyl groups excluding tert-OH is 2. The van der Waals surface area contributed by atoms with Crippen molar-refractivity contribution in [3.05, 3.63) is 23.6 Å². The van der Waals surface area contributed by atoms with Gasteiger partial charge in [0.15, 0.2) is 0 Å². The second-order valence-corrected chi connectivity index (χ2v) is 2.09. The monoisotopic (exact) mass is 142 g/mol. The Labute approximate surface area is 58.7 Å². The van der Waals surface area contributed by atoms with Crippen LogP contribution in [0.5, 0.6) is 0 Å². The van der Waals surface area contributed by atoms with Crippen molar-refractivity contribution in [2.75, 3.05) is 6.61 Å². The summed E-state index contributed by atoms with van der Waals surface area (Å²) in [5, 5.41) is 20.3. The molecule has 0 aromatic rings. The van der Waals surface area contributed by atoms with E-state index in [4.69, 9.17) is 15.9 Å². The topological polar surface area (TPSA) is 78.5 Å². The summed E-state index contributed by atoms with van der Waals surface area (Å²) in [7, 11) is 0. The van der Waals surface area contributed by atoms with E-state index in [1.807, 2.05) is 0 Å². The van der Waals surface area contributed by atoms with Crippen LogP contribution in [0.3, 0.4) is 0 Å². The molecule has 0 spiro atoms. The first-order valence-electron chi connectivity index (χ1n) is 2.96. The quantitative estimate of drug-likeness (QED) is 0.386. The first kappa shape index (κ1) is 7.11. The predicted octanol–water partition coefficient (Wildman–Crippen LogP) is -0.807. The fraction of sp³-hybridized carbons (Fsp3) is 0.333. The Morgan fingerprint density at radius 3 is 2.90 bits per heavy atom. The Hall–Kier alpha value is -1.00. The summed E-state index contributed by atoms with van der Waals surface area (Å²) >= 11 is 0. The molecule has 0 radical (unpaired) electrons. The second-order valence-electron chi connectivity index (χ2n) is 2.09. The average molecular weight is 142 g/mol. The highest BCUT2D eigenvalue weighted by atomic mass is 16.3. The first-order valence-corrected chi connectivity index (χ1v) is 2.96. The van der Waals surface area contributed by atoms with E-state index in [2.05, 4.69) is 5.32 Å². The van der Waals surface area contributed by atoms with E-state index in [-0.39, 0.29) is 12.4 Å². The first-order chi connectivity index (χ1) is 4.72. The smallest absolute Gasteiger partial charge is 0.116 e. The average Bonchev–Trinajstić information content (AvgIpc) is 1.85. The standard InChI is InChI=1S/C6H10N2O2/c7-6-2-5(10)1-4(3-9)8-6/h1-2,6,8-10H,3,7H2. The van der Waals surface area contributed by atoms with Gasteiger partial charge in [0.05, 0.1) is 12.8 Å². The lowest BCUT2D eigenvalue weighted by molar-refractivity contribution is 0.313. The van der Waals surface area contributed by atoms with Gasteiger partial charge in [-0.3, -0.25) is 0 Å². The Kier molecular flexibility index (Phi) is 1.94. The van der Waals surface area contributed by atoms with E-state index in [0.29, 0.717) is 5.70 Å². The molecule has 1 unspecified atom stereocenters. The Morgan fingerprint density at radius 1 is 1.70 bits per heavy atom. The number of aliphatic hydroxyl groups is 2. The van der Waals surface area contributed by atoms with E-state index in [1.165, 1.54) is 12.2 Å². The molecule has 0 amide bonds. The van der Waals surface area contributed by atoms with Crippen LogP contribution in [0.15, 0.2) is 23.6 Å². The Morgan fingerprint density at radius 2 is 2.40 bits per heavy atom. The molecule has 1 atom stereocenters. The number of nitrogens with one attached hydrogen (secondary N) is 1. The maximum Gasteiger partial charge on any atom is 0.116 e. The molecule has 0 aliphatic carbocycles. The summed E-state index contributed by atoms with van der Waals surface area (Å²) in [6.07, 6.45) is 2.50. The zero-order valence-electron chi connectivity index (χ0n) is 5.41. The van der Waals surface area contributed by atoms with Crippen LogP contribution in [0.2, 0.25) is 0 Å². The zero-order valence-corrected chi connectivity index (χ0v) is 5.41. The number of hydrogen-bond acceptors (Lipinski definition) is 4. The van der Waals surface area contributed by atoms with Crippen LogP contribution in [-0.4, -0.2) is 23.0 Å². The fourth-order valence-corrected chi connectivity index (χ4v) is 0.799. The van der Waals surface area contributed by atoms with Crippen LogP contribution in [0, 0.1) is 0 Å². The van der Waals surface area contributed by atoms with Crippen molar-refractivity contribution in [3.8, 4) is 0 Å². The van der Waals surface area contributed by atoms with Crippen LogP contribution in [0.1, 0.15) is 0 Å². The summed E-state index contributed by atoms with van der Waals surface area (Å²) in [5.41, 5.74) is 5.93. The maximum atomic E-state index is 8.93. The van der Waals surface area contributed by atoms with E-state index in [1.54, 1.807) is 0 Å². The van der Waals surface area contributed by atoms with Gasteiger partial charge in [0.1, 0.15) is 5.76 Å². The van der Waals surface area contributed by atoms with Gasteiger partial charge in [0.25, 0.3) is 0 Å². The SMILES string of the molecule is NC1C=C(O)C=C(CO)N1. The van der Waals surface area contributed by atoms with Crippen molar-refractivity contribution >= 4 is 0 Å². The van der Waals surface area contributed by atoms with Gasteiger partial charge in [-0.15, -0.1) is 0 Å². The minimum atomic E-state index is -0.396. The second kappa shape index (κ2) is 2.72. The molecule has 5 N–H and O–H groups in total. The van der Waals surface area contributed by atoms with Crippen LogP contribution < -0.4 is 11.1 Å². The van der Waals surface area contributed by atoms with Crippen LogP contribution in [-0.2, 0) is 0 Å². The molecule has 0 fully saturated rings. The van der Waals surface area contributed by atoms with Crippen molar-refractivity contribution in [2.45, 2.75) is 6.17 Å². The molecular formula is C6H10N2O2. The van der Waals surface area contributed by atoms with Gasteiger partial charge in [-0.05, 0) is 6.08 Å². The van der Waals surface area contributed by atoms with Gasteiger partial charge in [-0.1, -0.05) is 0 Å². The lowest BCUT2D eigenvalue weighted by atomic mass is 10.2. The van der Waals surface area contributed by atoms with Gasteiger partial charge in [-0.2, -0.15) is 0 Å². The molecule has 10 heavy (non-hydrogen) atoms. The van der Waals surface area contributed by atoms with Gasteiger partial charge in [0.2, 0.25) is 0 Å². The van der Waals surface area contributed by atoms with Crippen molar-refractivity contribution in [2.24, 2.45) is 5.73 Å². The number of allylic oxidation sites excluding steroid dienone is 1. The molecule has 0 bridgehead atoms. The van der Waals surface area contributed by atoms with Gasteiger partial charge >= 0.3 is 0 Å². The van der Waals surface area contributed by atoms with Crippen molar-refractivity contribution in [3.63, 3.8) is 0 Å². The maximum absolute atomic E-state index is 8.93. The molecule has 56 valence electrons. The molecule has 1 aliphatic rings. The lowest BCUT2D eigenvalue weighted by Crippen LogP contribution is -2.38. The third-order valence-electron chi connectivity index (χ3n) is 1.19. The van der Waals surface area contributed by atoms with Gasteiger partial charge < -0.3 is 21.3 Å². The summed E-state index contributed by atoms with van der Waals surface area (Å²) in [6.45, 7) is -0.133. The summed E-state index contributed by atoms with van der Waals surface area (Å²) in [6, 6.07) is 0. The molecule has 0 aromatic carbocycles. The fourth-order valence-electron chi connectivity index (χ4n) is 0.799. The van der Waals surface area contributed by atoms with E-state index in [9.17, 15) is 0 Å². The molecule has 4 heteroatoms. The molecule has 1 aliphatic heterocycles. The third-order valence-corrected chi connectivity index (χ3v) is 1.19.